The van der Waals surface area contributed by atoms with E-state index in [1.54, 1.807) is 35.2 Å². The van der Waals surface area contributed by atoms with Crippen molar-refractivity contribution >= 4 is 11.8 Å². The van der Waals surface area contributed by atoms with Crippen LogP contribution in [0.2, 0.25) is 0 Å². The molecule has 1 fully saturated rings. The standard InChI is InChI=1S/C21H25N3O5/c1-4-9-24(21(26)15-7-8-18(27-2)19(10-15)28-3)13-16-11-17(23-29-16)20(25)22-12-14-5-6-14/h4,7-8,10-11,14H,1,5-6,9,12-13H2,2-3H3,(H,22,25). The lowest BCUT2D eigenvalue weighted by molar-refractivity contribution is 0.0747. The molecule has 1 N–H and O–H groups in total. The molecule has 1 saturated carbocycles. The topological polar surface area (TPSA) is 93.9 Å². The van der Waals surface area contributed by atoms with Crippen LogP contribution < -0.4 is 14.8 Å². The molecular formula is C21H25N3O5. The summed E-state index contributed by atoms with van der Waals surface area (Å²) >= 11 is 0. The molecule has 1 aliphatic carbocycles. The highest BCUT2D eigenvalue weighted by atomic mass is 16.5. The van der Waals surface area contributed by atoms with E-state index < -0.39 is 0 Å². The summed E-state index contributed by atoms with van der Waals surface area (Å²) in [6.07, 6.45) is 3.93. The van der Waals surface area contributed by atoms with Crippen molar-refractivity contribution in [1.29, 1.82) is 0 Å². The molecule has 2 aromatic rings. The molecule has 0 bridgehead atoms. The molecule has 154 valence electrons. The first kappa shape index (κ1) is 20.4. The Balaban J connectivity index is 1.70. The maximum Gasteiger partial charge on any atom is 0.273 e. The molecule has 0 spiro atoms. The molecule has 0 unspecified atom stereocenters. The third-order valence-corrected chi connectivity index (χ3v) is 4.65. The van der Waals surface area contributed by atoms with E-state index in [9.17, 15) is 9.59 Å². The fourth-order valence-electron chi connectivity index (χ4n) is 2.86. The number of aromatic nitrogens is 1. The zero-order valence-corrected chi connectivity index (χ0v) is 16.6. The van der Waals surface area contributed by atoms with Crippen LogP contribution in [-0.4, -0.2) is 49.2 Å². The van der Waals surface area contributed by atoms with Crippen molar-refractivity contribution in [3.63, 3.8) is 0 Å². The van der Waals surface area contributed by atoms with Gasteiger partial charge < -0.3 is 24.2 Å². The highest BCUT2D eigenvalue weighted by Gasteiger charge is 2.24. The Kier molecular flexibility index (Phi) is 6.54. The van der Waals surface area contributed by atoms with Crippen LogP contribution in [0.4, 0.5) is 0 Å². The van der Waals surface area contributed by atoms with Crippen molar-refractivity contribution in [2.24, 2.45) is 5.92 Å². The van der Waals surface area contributed by atoms with Gasteiger partial charge in [-0.25, -0.2) is 0 Å². The van der Waals surface area contributed by atoms with Crippen LogP contribution >= 0.6 is 0 Å². The molecule has 1 aromatic carbocycles. The number of carbonyl (C=O) groups excluding carboxylic acids is 2. The number of carbonyl (C=O) groups is 2. The second-order valence-corrected chi connectivity index (χ2v) is 6.88. The number of methoxy groups -OCH3 is 2. The Hall–Kier alpha value is -3.29. The van der Waals surface area contributed by atoms with Crippen LogP contribution in [0.3, 0.4) is 0 Å². The van der Waals surface area contributed by atoms with Crippen molar-refractivity contribution in [2.75, 3.05) is 27.3 Å². The fourth-order valence-corrected chi connectivity index (χ4v) is 2.86. The predicted octanol–water partition coefficient (Wildman–Crippen LogP) is 2.66. The molecule has 29 heavy (non-hydrogen) atoms. The van der Waals surface area contributed by atoms with Crippen molar-refractivity contribution in [2.45, 2.75) is 19.4 Å². The summed E-state index contributed by atoms with van der Waals surface area (Å²) in [6.45, 7) is 4.82. The van der Waals surface area contributed by atoms with Crippen molar-refractivity contribution < 1.29 is 23.6 Å². The van der Waals surface area contributed by atoms with Gasteiger partial charge in [-0.05, 0) is 37.0 Å². The van der Waals surface area contributed by atoms with E-state index in [-0.39, 0.29) is 24.1 Å². The monoisotopic (exact) mass is 399 g/mol. The van der Waals surface area contributed by atoms with Gasteiger partial charge in [0.05, 0.1) is 20.8 Å². The van der Waals surface area contributed by atoms with Gasteiger partial charge in [0.1, 0.15) is 0 Å². The molecule has 1 aliphatic rings. The van der Waals surface area contributed by atoms with Gasteiger partial charge in [-0.1, -0.05) is 11.2 Å². The number of hydrogen-bond acceptors (Lipinski definition) is 6. The average Bonchev–Trinajstić information content (AvgIpc) is 3.46. The molecule has 3 rings (SSSR count). The smallest absolute Gasteiger partial charge is 0.273 e. The maximum atomic E-state index is 13.0. The zero-order valence-electron chi connectivity index (χ0n) is 16.6. The molecule has 1 aromatic heterocycles. The highest BCUT2D eigenvalue weighted by Crippen LogP contribution is 2.29. The number of hydrogen-bond donors (Lipinski definition) is 1. The van der Waals surface area contributed by atoms with Crippen LogP contribution in [0, 0.1) is 5.92 Å². The first-order chi connectivity index (χ1) is 14.0. The van der Waals surface area contributed by atoms with Gasteiger partial charge in [-0.3, -0.25) is 9.59 Å². The van der Waals surface area contributed by atoms with Crippen molar-refractivity contribution in [1.82, 2.24) is 15.4 Å². The second kappa shape index (κ2) is 9.27. The van der Waals surface area contributed by atoms with Crippen LogP contribution in [0.5, 0.6) is 11.5 Å². The van der Waals surface area contributed by atoms with Gasteiger partial charge in [0.2, 0.25) is 0 Å². The third kappa shape index (κ3) is 5.16. The first-order valence-electron chi connectivity index (χ1n) is 9.41. The van der Waals surface area contributed by atoms with Gasteiger partial charge in [0.15, 0.2) is 23.0 Å². The van der Waals surface area contributed by atoms with Gasteiger partial charge >= 0.3 is 0 Å². The summed E-state index contributed by atoms with van der Waals surface area (Å²) in [4.78, 5) is 26.6. The molecule has 2 amide bonds. The summed E-state index contributed by atoms with van der Waals surface area (Å²) in [5, 5.41) is 6.66. The van der Waals surface area contributed by atoms with Crippen molar-refractivity contribution in [3.8, 4) is 11.5 Å². The van der Waals surface area contributed by atoms with E-state index in [4.69, 9.17) is 14.0 Å². The van der Waals surface area contributed by atoms with E-state index in [1.807, 2.05) is 0 Å². The zero-order chi connectivity index (χ0) is 20.8. The van der Waals surface area contributed by atoms with Crippen LogP contribution in [0.1, 0.15) is 39.4 Å². The molecule has 0 radical (unpaired) electrons. The number of rotatable bonds is 10. The van der Waals surface area contributed by atoms with Gasteiger partial charge in [-0.2, -0.15) is 0 Å². The molecule has 8 nitrogen and oxygen atoms in total. The minimum Gasteiger partial charge on any atom is -0.493 e. The van der Waals surface area contributed by atoms with Crippen LogP contribution in [-0.2, 0) is 6.54 Å². The number of ether oxygens (including phenoxy) is 2. The normalized spacial score (nSPS) is 12.9. The van der Waals surface area contributed by atoms with Gasteiger partial charge in [-0.15, -0.1) is 6.58 Å². The van der Waals surface area contributed by atoms with Crippen LogP contribution in [0.15, 0.2) is 41.4 Å². The molecular weight excluding hydrogens is 374 g/mol. The molecule has 8 heteroatoms. The maximum absolute atomic E-state index is 13.0. The highest BCUT2D eigenvalue weighted by molar-refractivity contribution is 5.95. The minimum atomic E-state index is -0.270. The third-order valence-electron chi connectivity index (χ3n) is 4.65. The van der Waals surface area contributed by atoms with Gasteiger partial charge in [0.25, 0.3) is 11.8 Å². The lowest BCUT2D eigenvalue weighted by Crippen LogP contribution is -2.30. The number of benzene rings is 1. The average molecular weight is 399 g/mol. The van der Waals surface area contributed by atoms with Crippen molar-refractivity contribution in [3.05, 3.63) is 53.9 Å². The molecule has 0 atom stereocenters. The fraction of sp³-hybridized carbons (Fsp3) is 0.381. The largest absolute Gasteiger partial charge is 0.493 e. The Bertz CT molecular complexity index is 888. The van der Waals surface area contributed by atoms with E-state index in [0.717, 1.165) is 12.8 Å². The van der Waals surface area contributed by atoms with E-state index >= 15 is 0 Å². The number of nitrogens with zero attached hydrogens (tertiary/aromatic N) is 2. The summed E-state index contributed by atoms with van der Waals surface area (Å²) in [5.74, 6) is 1.49. The molecule has 1 heterocycles. The Morgan fingerprint density at radius 1 is 1.28 bits per heavy atom. The van der Waals surface area contributed by atoms with E-state index in [1.165, 1.54) is 14.2 Å². The SMILES string of the molecule is C=CCN(Cc1cc(C(=O)NCC2CC2)no1)C(=O)c1ccc(OC)c(OC)c1. The minimum absolute atomic E-state index is 0.155. The van der Waals surface area contributed by atoms with E-state index in [2.05, 4.69) is 17.1 Å². The molecule has 0 aliphatic heterocycles. The van der Waals surface area contributed by atoms with Crippen LogP contribution in [0.25, 0.3) is 0 Å². The molecule has 0 saturated heterocycles. The number of nitrogens with one attached hydrogen (secondary N) is 1. The quantitative estimate of drug-likeness (QED) is 0.618. The number of amides is 2. The Morgan fingerprint density at radius 3 is 2.69 bits per heavy atom. The summed E-state index contributed by atoms with van der Waals surface area (Å²) in [6, 6.07) is 6.51. The summed E-state index contributed by atoms with van der Waals surface area (Å²) in [5.41, 5.74) is 0.643. The summed E-state index contributed by atoms with van der Waals surface area (Å²) in [7, 11) is 3.05. The van der Waals surface area contributed by atoms with Gasteiger partial charge in [0, 0.05) is 24.7 Å². The lowest BCUT2D eigenvalue weighted by atomic mass is 10.1. The Morgan fingerprint density at radius 2 is 2.03 bits per heavy atom. The van der Waals surface area contributed by atoms with E-state index in [0.29, 0.717) is 41.8 Å². The lowest BCUT2D eigenvalue weighted by Gasteiger charge is -2.20. The second-order valence-electron chi connectivity index (χ2n) is 6.88. The Labute approximate surface area is 169 Å². The predicted molar refractivity (Wildman–Crippen MR) is 106 cm³/mol. The first-order valence-corrected chi connectivity index (χ1v) is 9.41. The summed E-state index contributed by atoms with van der Waals surface area (Å²) < 4.78 is 15.7.